The molecule has 2 N–H and O–H groups in total. The average molecular weight is 383 g/mol. The highest BCUT2D eigenvalue weighted by Gasteiger charge is 2.26. The van der Waals surface area contributed by atoms with Crippen LogP contribution in [0.25, 0.3) is 0 Å². The van der Waals surface area contributed by atoms with Crippen molar-refractivity contribution >= 4 is 11.9 Å². The number of carbonyl (C=O) groups is 2. The minimum atomic E-state index is -0.949. The number of nitrogens with one attached hydrogen (secondary N) is 1. The molecule has 0 aliphatic carbocycles. The van der Waals surface area contributed by atoms with E-state index >= 15 is 0 Å². The second kappa shape index (κ2) is 8.37. The molecule has 1 aliphatic heterocycles. The fraction of sp³-hybridized carbons (Fsp3) is 0.429. The van der Waals surface area contributed by atoms with Gasteiger partial charge in [-0.25, -0.2) is 9.78 Å². The fourth-order valence-corrected chi connectivity index (χ4v) is 3.68. The highest BCUT2D eigenvalue weighted by Crippen LogP contribution is 2.27. The number of aromatic carboxylic acids is 1. The maximum Gasteiger partial charge on any atom is 0.335 e. The Kier molecular flexibility index (Phi) is 5.92. The molecule has 1 saturated heterocycles. The molecule has 7 nitrogen and oxygen atoms in total. The highest BCUT2D eigenvalue weighted by atomic mass is 16.4. The van der Waals surface area contributed by atoms with E-state index in [1.54, 1.807) is 24.0 Å². The van der Waals surface area contributed by atoms with Crippen molar-refractivity contribution in [2.24, 2.45) is 0 Å². The van der Waals surface area contributed by atoms with Crippen molar-refractivity contribution in [3.05, 3.63) is 62.8 Å². The Bertz CT molecular complexity index is 934. The summed E-state index contributed by atoms with van der Waals surface area (Å²) in [5.41, 5.74) is 2.08. The number of carbonyl (C=O) groups excluding carboxylic acids is 1. The van der Waals surface area contributed by atoms with E-state index in [-0.39, 0.29) is 29.4 Å². The number of nitrogens with zero attached hydrogens (tertiary/aromatic N) is 2. The number of carboxylic acids is 1. The van der Waals surface area contributed by atoms with Gasteiger partial charge in [0.15, 0.2) is 0 Å². The van der Waals surface area contributed by atoms with Crippen LogP contribution in [-0.4, -0.2) is 44.9 Å². The van der Waals surface area contributed by atoms with Crippen molar-refractivity contribution in [3.63, 3.8) is 0 Å². The second-order valence-corrected chi connectivity index (χ2v) is 7.21. The van der Waals surface area contributed by atoms with Gasteiger partial charge in [0.2, 0.25) is 5.91 Å². The number of H-pyrrole nitrogens is 1. The molecule has 1 aliphatic rings. The molecule has 148 valence electrons. The maximum atomic E-state index is 12.8. The first-order valence-electron chi connectivity index (χ1n) is 9.58. The summed E-state index contributed by atoms with van der Waals surface area (Å²) < 4.78 is 0. The lowest BCUT2D eigenvalue weighted by atomic mass is 9.90. The molecule has 0 radical (unpaired) electrons. The number of aromatic nitrogens is 2. The number of likely N-dealkylation sites (tertiary alicyclic amines) is 1. The van der Waals surface area contributed by atoms with Gasteiger partial charge in [-0.2, -0.15) is 0 Å². The summed E-state index contributed by atoms with van der Waals surface area (Å²) >= 11 is 0. The van der Waals surface area contributed by atoms with Gasteiger partial charge in [-0.1, -0.05) is 19.1 Å². The minimum absolute atomic E-state index is 0.0445. The summed E-state index contributed by atoms with van der Waals surface area (Å²) in [7, 11) is 0. The van der Waals surface area contributed by atoms with Crippen LogP contribution in [0.15, 0.2) is 29.1 Å². The van der Waals surface area contributed by atoms with Gasteiger partial charge in [-0.3, -0.25) is 9.59 Å². The number of aryl methyl sites for hydroxylation is 2. The van der Waals surface area contributed by atoms with Crippen molar-refractivity contribution < 1.29 is 14.7 Å². The van der Waals surface area contributed by atoms with Gasteiger partial charge < -0.3 is 15.0 Å². The third kappa shape index (κ3) is 4.30. The number of amides is 1. The smallest absolute Gasteiger partial charge is 0.335 e. The predicted molar refractivity (Wildman–Crippen MR) is 105 cm³/mol. The Morgan fingerprint density at radius 3 is 2.61 bits per heavy atom. The second-order valence-electron chi connectivity index (χ2n) is 7.21. The largest absolute Gasteiger partial charge is 0.478 e. The third-order valence-corrected chi connectivity index (χ3v) is 5.34. The molecule has 28 heavy (non-hydrogen) atoms. The van der Waals surface area contributed by atoms with E-state index in [1.165, 1.54) is 0 Å². The zero-order valence-corrected chi connectivity index (χ0v) is 16.2. The zero-order chi connectivity index (χ0) is 20.3. The summed E-state index contributed by atoms with van der Waals surface area (Å²) in [4.78, 5) is 45.0. The lowest BCUT2D eigenvalue weighted by Gasteiger charge is -2.33. The Morgan fingerprint density at radius 2 is 2.00 bits per heavy atom. The maximum absolute atomic E-state index is 12.8. The summed E-state index contributed by atoms with van der Waals surface area (Å²) in [5.74, 6) is -0.233. The summed E-state index contributed by atoms with van der Waals surface area (Å²) in [6, 6.07) is 6.85. The quantitative estimate of drug-likeness (QED) is 0.824. The van der Waals surface area contributed by atoms with Crippen LogP contribution in [0.1, 0.15) is 58.7 Å². The van der Waals surface area contributed by atoms with Gasteiger partial charge in [0.25, 0.3) is 5.56 Å². The van der Waals surface area contributed by atoms with Crippen molar-refractivity contribution in [2.75, 3.05) is 13.1 Å². The first-order valence-corrected chi connectivity index (χ1v) is 9.58. The number of rotatable bonds is 5. The molecular weight excluding hydrogens is 358 g/mol. The molecule has 2 heterocycles. The zero-order valence-electron chi connectivity index (χ0n) is 16.2. The number of hydrogen-bond acceptors (Lipinski definition) is 4. The Labute approximate surface area is 163 Å². The van der Waals surface area contributed by atoms with E-state index in [1.807, 2.05) is 19.1 Å². The molecule has 0 unspecified atom stereocenters. The Hall–Kier alpha value is -2.96. The van der Waals surface area contributed by atoms with Crippen LogP contribution in [-0.2, 0) is 17.6 Å². The average Bonchev–Trinajstić information content (AvgIpc) is 2.70. The molecule has 1 fully saturated rings. The number of hydrogen-bond donors (Lipinski definition) is 2. The lowest BCUT2D eigenvalue weighted by Crippen LogP contribution is -2.40. The van der Waals surface area contributed by atoms with Gasteiger partial charge in [-0.05, 0) is 37.5 Å². The van der Waals surface area contributed by atoms with Crippen LogP contribution in [0.3, 0.4) is 0 Å². The van der Waals surface area contributed by atoms with Crippen LogP contribution in [0.4, 0.5) is 0 Å². The summed E-state index contributed by atoms with van der Waals surface area (Å²) in [6.45, 7) is 4.92. The molecule has 7 heteroatoms. The molecule has 0 bridgehead atoms. The van der Waals surface area contributed by atoms with Gasteiger partial charge in [0.05, 0.1) is 12.0 Å². The summed E-state index contributed by atoms with van der Waals surface area (Å²) in [6.07, 6.45) is 2.50. The van der Waals surface area contributed by atoms with E-state index < -0.39 is 5.97 Å². The minimum Gasteiger partial charge on any atom is -0.478 e. The monoisotopic (exact) mass is 383 g/mol. The van der Waals surface area contributed by atoms with Gasteiger partial charge in [0, 0.05) is 36.7 Å². The molecule has 1 aromatic carbocycles. The van der Waals surface area contributed by atoms with Crippen LogP contribution in [0.2, 0.25) is 0 Å². The molecule has 0 spiro atoms. The Balaban J connectivity index is 1.71. The Morgan fingerprint density at radius 1 is 1.29 bits per heavy atom. The molecule has 3 rings (SSSR count). The standard InChI is InChI=1S/C21H25N3O4/c1-3-18-22-13(2)17(20(26)23-18)11-19(25)24-10-4-5-16(12-24)14-6-8-15(9-7-14)21(27)28/h6-9,16H,3-5,10-12H2,1-2H3,(H,27,28)(H,22,23,26)/t16-/m1/s1. The van der Waals surface area contributed by atoms with E-state index in [0.717, 1.165) is 18.4 Å². The van der Waals surface area contributed by atoms with Crippen molar-refractivity contribution in [1.82, 2.24) is 14.9 Å². The van der Waals surface area contributed by atoms with Crippen LogP contribution >= 0.6 is 0 Å². The first kappa shape index (κ1) is 19.8. The van der Waals surface area contributed by atoms with Crippen LogP contribution < -0.4 is 5.56 Å². The van der Waals surface area contributed by atoms with Gasteiger partial charge in [-0.15, -0.1) is 0 Å². The highest BCUT2D eigenvalue weighted by molar-refractivity contribution is 5.87. The lowest BCUT2D eigenvalue weighted by molar-refractivity contribution is -0.131. The first-order chi connectivity index (χ1) is 13.4. The van der Waals surface area contributed by atoms with Crippen LogP contribution in [0.5, 0.6) is 0 Å². The number of piperidine rings is 1. The van der Waals surface area contributed by atoms with E-state index in [0.29, 0.717) is 36.6 Å². The number of carboxylic acid groups (broad SMARTS) is 1. The van der Waals surface area contributed by atoms with Crippen molar-refractivity contribution in [3.8, 4) is 0 Å². The molecule has 1 atom stereocenters. The van der Waals surface area contributed by atoms with E-state index in [9.17, 15) is 14.4 Å². The molecular formula is C21H25N3O4. The number of aromatic amines is 1. The number of benzene rings is 1. The van der Waals surface area contributed by atoms with E-state index in [4.69, 9.17) is 5.11 Å². The van der Waals surface area contributed by atoms with Crippen molar-refractivity contribution in [2.45, 2.75) is 45.4 Å². The summed E-state index contributed by atoms with van der Waals surface area (Å²) in [5, 5.41) is 9.03. The van der Waals surface area contributed by atoms with Crippen LogP contribution in [0, 0.1) is 6.92 Å². The SMILES string of the molecule is CCc1nc(C)c(CC(=O)N2CCC[C@@H](c3ccc(C(=O)O)cc3)C2)c(=O)[nH]1. The van der Waals surface area contributed by atoms with Gasteiger partial charge >= 0.3 is 5.97 Å². The fourth-order valence-electron chi connectivity index (χ4n) is 3.68. The van der Waals surface area contributed by atoms with Crippen molar-refractivity contribution in [1.29, 1.82) is 0 Å². The molecule has 1 aromatic heterocycles. The molecule has 2 aromatic rings. The predicted octanol–water partition coefficient (Wildman–Crippen LogP) is 2.29. The topological polar surface area (TPSA) is 103 Å². The molecule has 1 amide bonds. The molecule has 0 saturated carbocycles. The van der Waals surface area contributed by atoms with E-state index in [2.05, 4.69) is 9.97 Å². The van der Waals surface area contributed by atoms with Gasteiger partial charge in [0.1, 0.15) is 5.82 Å². The normalized spacial score (nSPS) is 16.8. The third-order valence-electron chi connectivity index (χ3n) is 5.34.